The minimum Gasteiger partial charge on any atom is -0.383 e. The molecule has 0 aliphatic rings. The first-order valence-corrected chi connectivity index (χ1v) is 7.86. The zero-order chi connectivity index (χ0) is 14.2. The summed E-state index contributed by atoms with van der Waals surface area (Å²) in [6, 6.07) is -0.370. The number of nitrogen functional groups attached to an aromatic ring is 1. The highest BCUT2D eigenvalue weighted by molar-refractivity contribution is 7.89. The highest BCUT2D eigenvalue weighted by Crippen LogP contribution is 2.26. The number of hydrogen-bond donors (Lipinski definition) is 3. The number of aromatic nitrogens is 3. The minimum absolute atomic E-state index is 0.0249. The van der Waals surface area contributed by atoms with Crippen molar-refractivity contribution in [3.05, 3.63) is 21.8 Å². The van der Waals surface area contributed by atoms with Crippen LogP contribution in [0.5, 0.6) is 0 Å². The molecule has 9 heteroatoms. The van der Waals surface area contributed by atoms with E-state index in [4.69, 9.17) is 5.73 Å². The molecule has 0 fully saturated rings. The molecular formula is C10H15N5O2S2. The summed E-state index contributed by atoms with van der Waals surface area (Å²) >= 11 is 1.47. The van der Waals surface area contributed by atoms with E-state index in [0.717, 1.165) is 15.6 Å². The second-order valence-corrected chi connectivity index (χ2v) is 7.09. The summed E-state index contributed by atoms with van der Waals surface area (Å²) in [4.78, 5) is 5.13. The van der Waals surface area contributed by atoms with Gasteiger partial charge < -0.3 is 5.73 Å². The number of nitrogens with one attached hydrogen (secondary N) is 2. The molecule has 2 rings (SSSR count). The van der Waals surface area contributed by atoms with Gasteiger partial charge in [-0.15, -0.1) is 11.3 Å². The maximum absolute atomic E-state index is 12.1. The van der Waals surface area contributed by atoms with E-state index in [2.05, 4.69) is 19.9 Å². The van der Waals surface area contributed by atoms with Gasteiger partial charge in [0, 0.05) is 4.88 Å². The number of rotatable bonds is 4. The highest BCUT2D eigenvalue weighted by atomic mass is 32.2. The molecule has 0 aliphatic carbocycles. The fourth-order valence-electron chi connectivity index (χ4n) is 1.80. The highest BCUT2D eigenvalue weighted by Gasteiger charge is 2.24. The van der Waals surface area contributed by atoms with Crippen molar-refractivity contribution < 1.29 is 8.42 Å². The molecule has 0 aliphatic heterocycles. The van der Waals surface area contributed by atoms with Crippen molar-refractivity contribution in [1.82, 2.24) is 19.9 Å². The number of sulfonamides is 1. The summed E-state index contributed by atoms with van der Waals surface area (Å²) in [5.41, 5.74) is 6.36. The minimum atomic E-state index is -3.69. The fourth-order valence-corrected chi connectivity index (χ4v) is 4.04. The first kappa shape index (κ1) is 14.0. The van der Waals surface area contributed by atoms with E-state index < -0.39 is 10.0 Å². The Hall–Kier alpha value is -1.45. The molecule has 4 N–H and O–H groups in total. The molecule has 104 valence electrons. The molecule has 0 amide bonds. The summed E-state index contributed by atoms with van der Waals surface area (Å²) < 4.78 is 26.9. The third-order valence-electron chi connectivity index (χ3n) is 2.59. The van der Waals surface area contributed by atoms with Gasteiger partial charge in [-0.1, -0.05) is 0 Å². The van der Waals surface area contributed by atoms with Gasteiger partial charge >= 0.3 is 0 Å². The Morgan fingerprint density at radius 2 is 2.16 bits per heavy atom. The molecule has 2 aromatic heterocycles. The Morgan fingerprint density at radius 1 is 1.47 bits per heavy atom. The van der Waals surface area contributed by atoms with Crippen LogP contribution in [0.1, 0.15) is 28.5 Å². The predicted molar refractivity (Wildman–Crippen MR) is 73.3 cm³/mol. The van der Waals surface area contributed by atoms with E-state index in [-0.39, 0.29) is 16.8 Å². The van der Waals surface area contributed by atoms with Crippen molar-refractivity contribution in [2.75, 3.05) is 5.73 Å². The van der Waals surface area contributed by atoms with Crippen molar-refractivity contribution in [2.45, 2.75) is 31.7 Å². The summed E-state index contributed by atoms with van der Waals surface area (Å²) in [5.74, 6) is 0.0249. The second-order valence-electron chi connectivity index (χ2n) is 4.17. The van der Waals surface area contributed by atoms with Crippen LogP contribution in [0.15, 0.2) is 11.1 Å². The molecule has 1 atom stereocenters. The lowest BCUT2D eigenvalue weighted by Gasteiger charge is -2.12. The average Bonchev–Trinajstić information content (AvgIpc) is 2.84. The normalized spacial score (nSPS) is 13.6. The van der Waals surface area contributed by atoms with Crippen LogP contribution in [0.2, 0.25) is 0 Å². The Kier molecular flexibility index (Phi) is 3.61. The SMILES string of the molecule is Cc1nc(C)c(C(C)NS(=O)(=O)c2cn[nH]c2N)s1. The van der Waals surface area contributed by atoms with Gasteiger partial charge in [-0.2, -0.15) is 5.10 Å². The van der Waals surface area contributed by atoms with Gasteiger partial charge in [-0.05, 0) is 20.8 Å². The number of anilines is 1. The van der Waals surface area contributed by atoms with Crippen LogP contribution in [0.4, 0.5) is 5.82 Å². The zero-order valence-corrected chi connectivity index (χ0v) is 12.4. The smallest absolute Gasteiger partial charge is 0.246 e. The topological polar surface area (TPSA) is 114 Å². The summed E-state index contributed by atoms with van der Waals surface area (Å²) in [5, 5.41) is 6.92. The van der Waals surface area contributed by atoms with E-state index >= 15 is 0 Å². The van der Waals surface area contributed by atoms with Gasteiger partial charge in [0.05, 0.1) is 22.9 Å². The van der Waals surface area contributed by atoms with Crippen molar-refractivity contribution in [3.8, 4) is 0 Å². The summed E-state index contributed by atoms with van der Waals surface area (Å²) in [6.07, 6.45) is 1.19. The quantitative estimate of drug-likeness (QED) is 0.782. The van der Waals surface area contributed by atoms with Crippen molar-refractivity contribution in [1.29, 1.82) is 0 Å². The van der Waals surface area contributed by atoms with Gasteiger partial charge in [-0.25, -0.2) is 18.1 Å². The summed E-state index contributed by atoms with van der Waals surface area (Å²) in [6.45, 7) is 5.51. The molecule has 0 saturated carbocycles. The van der Waals surface area contributed by atoms with E-state index in [9.17, 15) is 8.42 Å². The average molecular weight is 301 g/mol. The number of aromatic amines is 1. The fraction of sp³-hybridized carbons (Fsp3) is 0.400. The Bertz CT molecular complexity index is 689. The molecule has 2 heterocycles. The largest absolute Gasteiger partial charge is 0.383 e. The number of nitrogens with zero attached hydrogens (tertiary/aromatic N) is 2. The molecule has 0 bridgehead atoms. The lowest BCUT2D eigenvalue weighted by molar-refractivity contribution is 0.568. The monoisotopic (exact) mass is 301 g/mol. The number of aryl methyl sites for hydroxylation is 2. The van der Waals surface area contributed by atoms with Crippen LogP contribution in [0, 0.1) is 13.8 Å². The molecule has 0 radical (unpaired) electrons. The molecule has 19 heavy (non-hydrogen) atoms. The Labute approximate surface area is 115 Å². The molecule has 1 unspecified atom stereocenters. The van der Waals surface area contributed by atoms with Crippen LogP contribution >= 0.6 is 11.3 Å². The molecule has 7 nitrogen and oxygen atoms in total. The molecule has 0 saturated heterocycles. The van der Waals surface area contributed by atoms with Crippen LogP contribution in [-0.2, 0) is 10.0 Å². The maximum Gasteiger partial charge on any atom is 0.246 e. The predicted octanol–water partition coefficient (Wildman–Crippen LogP) is 1.10. The maximum atomic E-state index is 12.1. The van der Waals surface area contributed by atoms with Crippen molar-refractivity contribution in [3.63, 3.8) is 0 Å². The van der Waals surface area contributed by atoms with Crippen LogP contribution in [0.25, 0.3) is 0 Å². The third-order valence-corrected chi connectivity index (χ3v) is 5.41. The molecule has 2 aromatic rings. The molecule has 0 spiro atoms. The van der Waals surface area contributed by atoms with Gasteiger partial charge in [0.2, 0.25) is 10.0 Å². The van der Waals surface area contributed by atoms with Crippen LogP contribution in [-0.4, -0.2) is 23.6 Å². The first-order valence-electron chi connectivity index (χ1n) is 5.56. The Morgan fingerprint density at radius 3 is 2.63 bits per heavy atom. The van der Waals surface area contributed by atoms with E-state index in [1.807, 2.05) is 13.8 Å². The van der Waals surface area contributed by atoms with Crippen LogP contribution < -0.4 is 10.5 Å². The molecular weight excluding hydrogens is 286 g/mol. The number of nitrogens with two attached hydrogens (primary N) is 1. The van der Waals surface area contributed by atoms with E-state index in [1.54, 1.807) is 6.92 Å². The number of hydrogen-bond acceptors (Lipinski definition) is 6. The number of thiazole rings is 1. The van der Waals surface area contributed by atoms with E-state index in [1.165, 1.54) is 17.5 Å². The lowest BCUT2D eigenvalue weighted by Crippen LogP contribution is -2.27. The number of H-pyrrole nitrogens is 1. The Balaban J connectivity index is 2.26. The van der Waals surface area contributed by atoms with Crippen molar-refractivity contribution in [2.24, 2.45) is 0 Å². The van der Waals surface area contributed by atoms with Gasteiger partial charge in [0.25, 0.3) is 0 Å². The standard InChI is InChI=1S/C10H15N5O2S2/c1-5-9(18-7(3)13-5)6(2)15-19(16,17)8-4-12-14-10(8)11/h4,6,15H,1-3H3,(H3,11,12,14). The van der Waals surface area contributed by atoms with Crippen molar-refractivity contribution >= 4 is 27.2 Å². The van der Waals surface area contributed by atoms with Gasteiger partial charge in [-0.3, -0.25) is 5.10 Å². The lowest BCUT2D eigenvalue weighted by atomic mass is 10.2. The third kappa shape index (κ3) is 2.77. The molecule has 0 aromatic carbocycles. The first-order chi connectivity index (χ1) is 8.81. The van der Waals surface area contributed by atoms with Gasteiger partial charge in [0.1, 0.15) is 10.7 Å². The second kappa shape index (κ2) is 4.91. The van der Waals surface area contributed by atoms with Gasteiger partial charge in [0.15, 0.2) is 0 Å². The summed E-state index contributed by atoms with van der Waals surface area (Å²) in [7, 11) is -3.69. The van der Waals surface area contributed by atoms with E-state index in [0.29, 0.717) is 0 Å². The van der Waals surface area contributed by atoms with Crippen LogP contribution in [0.3, 0.4) is 0 Å². The zero-order valence-electron chi connectivity index (χ0n) is 10.8.